The molecule has 12 heteroatoms. The molecule has 0 spiro atoms. The lowest BCUT2D eigenvalue weighted by Gasteiger charge is -2.24. The van der Waals surface area contributed by atoms with Crippen LogP contribution in [0, 0.1) is 0 Å². The first kappa shape index (κ1) is 17.3. The Morgan fingerprint density at radius 1 is 1.26 bits per heavy atom. The van der Waals surface area contributed by atoms with E-state index in [4.69, 9.17) is 4.74 Å². The van der Waals surface area contributed by atoms with Crippen LogP contribution in [0.15, 0.2) is 18.7 Å². The predicted molar refractivity (Wildman–Crippen MR) is 93.0 cm³/mol. The number of amides is 1. The molecule has 12 nitrogen and oxygen atoms in total. The van der Waals surface area contributed by atoms with Crippen LogP contribution in [0.25, 0.3) is 5.78 Å². The van der Waals surface area contributed by atoms with Crippen molar-refractivity contribution in [2.75, 3.05) is 37.7 Å². The molecule has 1 amide bonds. The Balaban J connectivity index is 1.20. The van der Waals surface area contributed by atoms with Crippen LogP contribution < -0.4 is 10.2 Å². The summed E-state index contributed by atoms with van der Waals surface area (Å²) in [6, 6.07) is 0. The lowest BCUT2D eigenvalue weighted by molar-refractivity contribution is -0.122. The number of fused-ring (bicyclic) bond motifs is 1. The minimum atomic E-state index is -0.147. The quantitative estimate of drug-likeness (QED) is 0.503. The highest BCUT2D eigenvalue weighted by molar-refractivity contribution is 5.75. The Labute approximate surface area is 154 Å². The van der Waals surface area contributed by atoms with Crippen molar-refractivity contribution in [3.05, 3.63) is 24.3 Å². The molecular weight excluding hydrogens is 352 g/mol. The zero-order valence-corrected chi connectivity index (χ0v) is 14.7. The highest BCUT2D eigenvalue weighted by Crippen LogP contribution is 2.07. The first-order valence-corrected chi connectivity index (χ1v) is 8.79. The summed E-state index contributed by atoms with van der Waals surface area (Å²) in [6.45, 7) is 3.35. The first-order valence-electron chi connectivity index (χ1n) is 8.79. The van der Waals surface area contributed by atoms with Crippen molar-refractivity contribution < 1.29 is 9.53 Å². The third-order valence-corrected chi connectivity index (χ3v) is 4.17. The maximum absolute atomic E-state index is 12.0. The smallest absolute Gasteiger partial charge is 0.266 e. The molecule has 1 N–H and O–H groups in total. The van der Waals surface area contributed by atoms with Gasteiger partial charge in [-0.25, -0.2) is 9.50 Å². The summed E-state index contributed by atoms with van der Waals surface area (Å²) in [5.41, 5.74) is 1.04. The molecule has 1 saturated heterocycles. The SMILES string of the molecule is O=C(Cn1nnc(N2CCOCC2)n1)NCCCc1cnc2ncnn2c1. The lowest BCUT2D eigenvalue weighted by Crippen LogP contribution is -2.37. The van der Waals surface area contributed by atoms with Gasteiger partial charge in [-0.2, -0.15) is 14.9 Å². The number of carbonyl (C=O) groups is 1. The number of carbonyl (C=O) groups excluding carboxylic acids is 1. The van der Waals surface area contributed by atoms with Crippen molar-refractivity contribution in [2.45, 2.75) is 19.4 Å². The van der Waals surface area contributed by atoms with Gasteiger partial charge < -0.3 is 15.0 Å². The molecule has 3 aromatic heterocycles. The number of nitrogens with one attached hydrogen (secondary N) is 1. The van der Waals surface area contributed by atoms with Gasteiger partial charge in [-0.05, 0) is 23.6 Å². The van der Waals surface area contributed by atoms with E-state index in [-0.39, 0.29) is 12.5 Å². The second-order valence-corrected chi connectivity index (χ2v) is 6.14. The standard InChI is InChI=1S/C15H20N10O2/c26-13(10-25-21-15(20-22-25)23-4-6-27-7-5-23)16-3-1-2-12-8-17-14-18-11-19-24(14)9-12/h8-9,11H,1-7,10H2,(H,16,26). The minimum absolute atomic E-state index is 0.0454. The topological polar surface area (TPSA) is 128 Å². The third-order valence-electron chi connectivity index (χ3n) is 4.17. The molecule has 1 aliphatic heterocycles. The summed E-state index contributed by atoms with van der Waals surface area (Å²) < 4.78 is 6.93. The van der Waals surface area contributed by atoms with Gasteiger partial charge in [-0.15, -0.1) is 5.10 Å². The number of tetrazole rings is 1. The van der Waals surface area contributed by atoms with Gasteiger partial charge in [0, 0.05) is 32.0 Å². The van der Waals surface area contributed by atoms with E-state index in [1.165, 1.54) is 11.1 Å². The van der Waals surface area contributed by atoms with E-state index in [2.05, 4.69) is 35.8 Å². The molecule has 0 atom stereocenters. The third kappa shape index (κ3) is 4.34. The number of hydrogen-bond acceptors (Lipinski definition) is 9. The monoisotopic (exact) mass is 372 g/mol. The maximum atomic E-state index is 12.0. The van der Waals surface area contributed by atoms with Crippen LogP contribution in [0.4, 0.5) is 5.95 Å². The summed E-state index contributed by atoms with van der Waals surface area (Å²) in [7, 11) is 0. The van der Waals surface area contributed by atoms with E-state index in [1.54, 1.807) is 10.7 Å². The number of morpholine rings is 1. The van der Waals surface area contributed by atoms with E-state index in [0.717, 1.165) is 31.5 Å². The molecule has 0 saturated carbocycles. The average molecular weight is 372 g/mol. The summed E-state index contributed by atoms with van der Waals surface area (Å²) >= 11 is 0. The fourth-order valence-electron chi connectivity index (χ4n) is 2.78. The number of nitrogens with zero attached hydrogens (tertiary/aromatic N) is 9. The highest BCUT2D eigenvalue weighted by Gasteiger charge is 2.16. The molecule has 0 unspecified atom stereocenters. The Hall–Kier alpha value is -3.15. The average Bonchev–Trinajstić information content (AvgIpc) is 3.35. The van der Waals surface area contributed by atoms with Gasteiger partial charge in [-0.3, -0.25) is 4.79 Å². The van der Waals surface area contributed by atoms with Crippen LogP contribution in [0.5, 0.6) is 0 Å². The molecule has 142 valence electrons. The van der Waals surface area contributed by atoms with Crippen LogP contribution in [0.1, 0.15) is 12.0 Å². The van der Waals surface area contributed by atoms with Gasteiger partial charge in [0.15, 0.2) is 0 Å². The molecular formula is C15H20N10O2. The molecule has 27 heavy (non-hydrogen) atoms. The first-order chi connectivity index (χ1) is 13.3. The van der Waals surface area contributed by atoms with Crippen molar-refractivity contribution in [3.8, 4) is 0 Å². The Morgan fingerprint density at radius 2 is 2.15 bits per heavy atom. The normalized spacial score (nSPS) is 14.6. The van der Waals surface area contributed by atoms with Crippen LogP contribution in [0.2, 0.25) is 0 Å². The highest BCUT2D eigenvalue weighted by atomic mass is 16.5. The second-order valence-electron chi connectivity index (χ2n) is 6.14. The number of anilines is 1. The van der Waals surface area contributed by atoms with Crippen LogP contribution in [-0.4, -0.2) is 78.5 Å². The Bertz CT molecular complexity index is 901. The lowest BCUT2D eigenvalue weighted by atomic mass is 10.2. The van der Waals surface area contributed by atoms with Crippen molar-refractivity contribution in [1.29, 1.82) is 0 Å². The summed E-state index contributed by atoms with van der Waals surface area (Å²) in [6.07, 6.45) is 6.71. The Kier molecular flexibility index (Phi) is 5.14. The molecule has 4 heterocycles. The van der Waals surface area contributed by atoms with Crippen molar-refractivity contribution in [3.63, 3.8) is 0 Å². The van der Waals surface area contributed by atoms with Gasteiger partial charge in [-0.1, -0.05) is 5.10 Å². The Morgan fingerprint density at radius 3 is 3.04 bits per heavy atom. The molecule has 0 aliphatic carbocycles. The molecule has 1 aliphatic rings. The number of hydrogen-bond donors (Lipinski definition) is 1. The second kappa shape index (κ2) is 8.03. The van der Waals surface area contributed by atoms with Gasteiger partial charge >= 0.3 is 0 Å². The number of rotatable bonds is 7. The van der Waals surface area contributed by atoms with Crippen LogP contribution >= 0.6 is 0 Å². The van der Waals surface area contributed by atoms with Crippen LogP contribution in [-0.2, 0) is 22.5 Å². The molecule has 0 bridgehead atoms. The number of aromatic nitrogens is 8. The molecule has 1 fully saturated rings. The van der Waals surface area contributed by atoms with E-state index >= 15 is 0 Å². The summed E-state index contributed by atoms with van der Waals surface area (Å²) in [5, 5.41) is 19.1. The van der Waals surface area contributed by atoms with Crippen molar-refractivity contribution in [1.82, 2.24) is 45.1 Å². The molecule has 0 radical (unpaired) electrons. The van der Waals surface area contributed by atoms with E-state index in [9.17, 15) is 4.79 Å². The molecule has 0 aromatic carbocycles. The molecule has 3 aromatic rings. The van der Waals surface area contributed by atoms with E-state index in [0.29, 0.717) is 31.5 Å². The molecule has 4 rings (SSSR count). The van der Waals surface area contributed by atoms with Crippen molar-refractivity contribution in [2.24, 2.45) is 0 Å². The van der Waals surface area contributed by atoms with E-state index < -0.39 is 0 Å². The van der Waals surface area contributed by atoms with Gasteiger partial charge in [0.05, 0.1) is 13.2 Å². The van der Waals surface area contributed by atoms with Gasteiger partial charge in [0.1, 0.15) is 12.9 Å². The minimum Gasteiger partial charge on any atom is -0.378 e. The summed E-state index contributed by atoms with van der Waals surface area (Å²) in [4.78, 5) is 23.6. The van der Waals surface area contributed by atoms with Crippen LogP contribution in [0.3, 0.4) is 0 Å². The van der Waals surface area contributed by atoms with Crippen molar-refractivity contribution >= 4 is 17.6 Å². The van der Waals surface area contributed by atoms with E-state index in [1.807, 2.05) is 11.1 Å². The zero-order chi connectivity index (χ0) is 18.5. The number of ether oxygens (including phenoxy) is 1. The predicted octanol–water partition coefficient (Wildman–Crippen LogP) is -1.30. The van der Waals surface area contributed by atoms with Gasteiger partial charge in [0.2, 0.25) is 5.91 Å². The fraction of sp³-hybridized carbons (Fsp3) is 0.533. The fourth-order valence-corrected chi connectivity index (χ4v) is 2.78. The zero-order valence-electron chi connectivity index (χ0n) is 14.7. The maximum Gasteiger partial charge on any atom is 0.266 e. The van der Waals surface area contributed by atoms with Gasteiger partial charge in [0.25, 0.3) is 11.7 Å². The summed E-state index contributed by atoms with van der Waals surface area (Å²) in [5.74, 6) is 0.955. The largest absolute Gasteiger partial charge is 0.378 e. The number of aryl methyl sites for hydroxylation is 1.